The summed E-state index contributed by atoms with van der Waals surface area (Å²) >= 11 is 1.87. The van der Waals surface area contributed by atoms with E-state index in [0.29, 0.717) is 0 Å². The molecule has 21 aromatic rings. The molecule has 2 aliphatic heterocycles. The van der Waals surface area contributed by atoms with Crippen LogP contribution in [0.15, 0.2) is 467 Å². The smallest absolute Gasteiger partial charge is 0.388 e. The second kappa shape index (κ2) is 30.8. The number of fused-ring (bicyclic) bond motifs is 10. The van der Waals surface area contributed by atoms with Gasteiger partial charge in [-0.15, -0.1) is 11.3 Å². The van der Waals surface area contributed by atoms with Gasteiger partial charge in [0, 0.05) is 88.2 Å². The minimum Gasteiger partial charge on any atom is -0.416 e. The van der Waals surface area contributed by atoms with E-state index >= 15 is 0 Å². The SMILES string of the molecule is c1ccc(B2N(c3ccccc3)B(c3ccccc3)N(c3cccc(-n4c5ccccc5c5c6ccccc6sc54)c3)B(c3ccc(-c4ccc(N5B(c6ccccc6)N(c6ccccc6)B(c6ccccc6)N(c6cccc(-n7c8ccccc8c8c9ccccc9n(-c9ccccc9)c87)c6)B5c5ccccc5)cc4)cc3)N2c2ccccc2)cc1. The van der Waals surface area contributed by atoms with Crippen LogP contribution < -0.4 is 61.1 Å². The topological polar surface area (TPSA) is 34.2 Å². The van der Waals surface area contributed by atoms with Crippen LogP contribution in [-0.2, 0) is 0 Å². The second-order valence-corrected chi connectivity index (χ2v) is 32.9. The number of hydrogen-bond donors (Lipinski definition) is 0. The number of hydrogen-bond acceptors (Lipinski definition) is 7. The van der Waals surface area contributed by atoms with Crippen LogP contribution in [0.5, 0.6) is 0 Å². The molecule has 2 fully saturated rings. The highest BCUT2D eigenvalue weighted by Crippen LogP contribution is 2.46. The van der Waals surface area contributed by atoms with Gasteiger partial charge >= 0.3 is 41.9 Å². The molecule has 0 atom stereocenters. The number of aromatic nitrogens is 3. The second-order valence-electron chi connectivity index (χ2n) is 31.8. The molecule has 9 nitrogen and oxygen atoms in total. The number of benzene rings is 17. The first-order valence-electron chi connectivity index (χ1n) is 42.1. The predicted octanol–water partition coefficient (Wildman–Crippen LogP) is 20.7. The van der Waals surface area contributed by atoms with Gasteiger partial charge in [-0.1, -0.05) is 346 Å². The van der Waals surface area contributed by atoms with Gasteiger partial charge in [0.25, 0.3) is 0 Å². The molecule has 0 spiro atoms. The van der Waals surface area contributed by atoms with Crippen LogP contribution in [0.3, 0.4) is 0 Å². The average molecular weight is 1570 g/mol. The zero-order chi connectivity index (χ0) is 80.6. The van der Waals surface area contributed by atoms with Crippen LogP contribution in [0, 0.1) is 0 Å². The van der Waals surface area contributed by atoms with Crippen LogP contribution in [0.2, 0.25) is 0 Å². The molecule has 23 rings (SSSR count). The van der Waals surface area contributed by atoms with Gasteiger partial charge < -0.3 is 32.9 Å². The van der Waals surface area contributed by atoms with E-state index in [0.717, 1.165) is 101 Å². The van der Waals surface area contributed by atoms with E-state index in [1.165, 1.54) is 58.3 Å². The van der Waals surface area contributed by atoms with E-state index in [9.17, 15) is 0 Å². The Bertz CT molecular complexity index is 7350. The van der Waals surface area contributed by atoms with Crippen molar-refractivity contribution in [3.05, 3.63) is 467 Å². The standard InChI is InChI=1S/C106H77B6N9S/c1-10-38-80(39-11-1)107-116(87-50-22-7-23-51-87)110(83-44-16-4-17-45-83)121(94-59-37-57-92(77-94)115-101-66-34-30-62-97(101)104-98-63-31-35-67-102(98)122-106(104)115)112(118(107)89-54-26-9-27-55-89)85-72-68-78(69-73-85)79-70-74-90(75-71-79)119-108(81-40-12-2-13-41-81)117(88-52-24-8-25-53-88)109(82-42-14-3-15-43-82)120(111(119)84-46-18-5-19-47-84)93-58-36-56-91(76-93)114-100-65-33-29-61-96(100)103-95-60-28-32-64-99(95)113(105(103)114)86-48-20-6-21-49-86/h1-77H. The van der Waals surface area contributed by atoms with E-state index < -0.39 is 14.0 Å². The van der Waals surface area contributed by atoms with Gasteiger partial charge in [-0.05, 0) is 165 Å². The summed E-state index contributed by atoms with van der Waals surface area (Å²) in [6, 6.07) is 173. The molecule has 0 saturated carbocycles. The Morgan fingerprint density at radius 3 is 0.811 bits per heavy atom. The van der Waals surface area contributed by atoms with Crippen molar-refractivity contribution in [2.75, 3.05) is 28.3 Å². The van der Waals surface area contributed by atoms with Gasteiger partial charge in [0.1, 0.15) is 10.5 Å². The first-order chi connectivity index (χ1) is 60.6. The molecular formula is C106H77B6N9S. The summed E-state index contributed by atoms with van der Waals surface area (Å²) in [4.78, 5) is 1.23. The lowest BCUT2D eigenvalue weighted by Gasteiger charge is -2.57. The zero-order valence-electron chi connectivity index (χ0n) is 66.9. The Hall–Kier alpha value is -15.0. The lowest BCUT2D eigenvalue weighted by atomic mass is 9.37. The van der Waals surface area contributed by atoms with E-state index in [1.807, 2.05) is 11.3 Å². The minimum absolute atomic E-state index is 0.311. The third-order valence-corrected chi connectivity index (χ3v) is 26.1. The molecule has 2 aliphatic rings. The van der Waals surface area contributed by atoms with Crippen molar-refractivity contribution in [2.45, 2.75) is 0 Å². The number of para-hydroxylation sites is 7. The molecule has 0 bridgehead atoms. The van der Waals surface area contributed by atoms with E-state index in [4.69, 9.17) is 0 Å². The number of thiophene rings is 1. The van der Waals surface area contributed by atoms with E-state index in [2.05, 4.69) is 509 Å². The van der Waals surface area contributed by atoms with Crippen LogP contribution in [0.1, 0.15) is 0 Å². The Kier molecular flexibility index (Phi) is 18.2. The first-order valence-corrected chi connectivity index (χ1v) is 43.0. The monoisotopic (exact) mass is 1570 g/mol. The lowest BCUT2D eigenvalue weighted by molar-refractivity contribution is 1.07. The van der Waals surface area contributed by atoms with Crippen molar-refractivity contribution in [1.82, 2.24) is 13.7 Å². The molecule has 4 aromatic heterocycles. The van der Waals surface area contributed by atoms with Crippen molar-refractivity contribution in [3.63, 3.8) is 0 Å². The average Bonchev–Trinajstić information content (AvgIpc) is 1.11. The highest BCUT2D eigenvalue weighted by molar-refractivity contribution is 7.26. The van der Waals surface area contributed by atoms with Gasteiger partial charge in [0.05, 0.1) is 16.6 Å². The first kappa shape index (κ1) is 72.3. The molecule has 0 amide bonds. The Morgan fingerprint density at radius 2 is 0.426 bits per heavy atom. The fourth-order valence-electron chi connectivity index (χ4n) is 19.9. The maximum absolute atomic E-state index is 2.70. The highest BCUT2D eigenvalue weighted by atomic mass is 32.1. The van der Waals surface area contributed by atoms with Crippen LogP contribution in [0.4, 0.5) is 34.1 Å². The summed E-state index contributed by atoms with van der Waals surface area (Å²) in [5.74, 6) is 0. The Balaban J connectivity index is 0.706. The number of nitrogens with zero attached hydrogens (tertiary/aromatic N) is 9. The molecule has 122 heavy (non-hydrogen) atoms. The molecule has 17 aromatic carbocycles. The Morgan fingerprint density at radius 1 is 0.172 bits per heavy atom. The van der Waals surface area contributed by atoms with Crippen molar-refractivity contribution < 1.29 is 0 Å². The maximum atomic E-state index is 2.70. The summed E-state index contributed by atoms with van der Waals surface area (Å²) in [6.07, 6.45) is 0. The largest absolute Gasteiger partial charge is 0.416 e. The molecule has 16 heteroatoms. The van der Waals surface area contributed by atoms with Crippen molar-refractivity contribution in [3.8, 4) is 28.2 Å². The summed E-state index contributed by atoms with van der Waals surface area (Å²) in [5, 5.41) is 7.47. The van der Waals surface area contributed by atoms with Gasteiger partial charge in [-0.2, -0.15) is 0 Å². The van der Waals surface area contributed by atoms with Crippen LogP contribution in [0.25, 0.3) is 92.2 Å². The molecule has 6 heterocycles. The minimum atomic E-state index is -0.396. The van der Waals surface area contributed by atoms with Crippen LogP contribution in [-0.4, -0.2) is 55.6 Å². The molecule has 0 unspecified atom stereocenters. The number of anilines is 6. The molecule has 0 radical (unpaired) electrons. The van der Waals surface area contributed by atoms with Crippen molar-refractivity contribution in [2.24, 2.45) is 0 Å². The number of rotatable bonds is 16. The summed E-state index contributed by atoms with van der Waals surface area (Å²) in [6.45, 7) is -2.16. The zero-order valence-corrected chi connectivity index (χ0v) is 67.7. The van der Waals surface area contributed by atoms with Gasteiger partial charge in [0.2, 0.25) is 0 Å². The quantitative estimate of drug-likeness (QED) is 0.0897. The van der Waals surface area contributed by atoms with E-state index in [-0.39, 0.29) is 27.9 Å². The normalized spacial score (nSPS) is 13.4. The van der Waals surface area contributed by atoms with E-state index in [1.54, 1.807) is 0 Å². The lowest BCUT2D eigenvalue weighted by Crippen LogP contribution is -2.86. The summed E-state index contributed by atoms with van der Waals surface area (Å²) in [5.41, 5.74) is 23.5. The molecule has 570 valence electrons. The fraction of sp³-hybridized carbons (Fsp3) is 0. The Labute approximate surface area is 716 Å². The van der Waals surface area contributed by atoms with Crippen molar-refractivity contribution in [1.29, 1.82) is 0 Å². The van der Waals surface area contributed by atoms with Gasteiger partial charge in [-0.3, -0.25) is 9.13 Å². The predicted molar refractivity (Wildman–Crippen MR) is 524 cm³/mol. The third-order valence-electron chi connectivity index (χ3n) is 25.0. The summed E-state index contributed by atoms with van der Waals surface area (Å²) < 4.78 is 24.8. The third kappa shape index (κ3) is 12.2. The fourth-order valence-corrected chi connectivity index (χ4v) is 21.2. The molecule has 0 N–H and O–H groups in total. The van der Waals surface area contributed by atoms with Gasteiger partial charge in [0.15, 0.2) is 0 Å². The van der Waals surface area contributed by atoms with Crippen LogP contribution >= 0.6 is 11.3 Å². The van der Waals surface area contributed by atoms with Gasteiger partial charge in [-0.25, -0.2) is 0 Å². The maximum Gasteiger partial charge on any atom is 0.388 e. The highest BCUT2D eigenvalue weighted by Gasteiger charge is 2.58. The summed E-state index contributed by atoms with van der Waals surface area (Å²) in [7, 11) is 0. The molecule has 0 aliphatic carbocycles. The molecule has 2 saturated heterocycles. The van der Waals surface area contributed by atoms with Crippen molar-refractivity contribution >= 4 is 184 Å². The molecular weight excluding hydrogens is 1500 g/mol.